The van der Waals surface area contributed by atoms with Gasteiger partial charge in [-0.05, 0) is 43.4 Å². The molecule has 0 fully saturated rings. The minimum Gasteiger partial charge on any atom is -0.352 e. The van der Waals surface area contributed by atoms with Crippen LogP contribution in [0, 0.1) is 5.92 Å². The van der Waals surface area contributed by atoms with Crippen molar-refractivity contribution in [3.8, 4) is 0 Å². The lowest BCUT2D eigenvalue weighted by Gasteiger charge is -2.20. The third kappa shape index (κ3) is 3.67. The second-order valence-corrected chi connectivity index (χ2v) is 7.69. The van der Waals surface area contributed by atoms with E-state index >= 15 is 0 Å². The summed E-state index contributed by atoms with van der Waals surface area (Å²) in [5.74, 6) is 0.0541. The molecule has 0 aromatic heterocycles. The zero-order chi connectivity index (χ0) is 16.3. The van der Waals surface area contributed by atoms with Crippen LogP contribution in [0.15, 0.2) is 23.1 Å². The maximum absolute atomic E-state index is 12.5. The van der Waals surface area contributed by atoms with Crippen LogP contribution in [-0.4, -0.2) is 26.9 Å². The Hall–Kier alpha value is -1.40. The number of amides is 1. The van der Waals surface area contributed by atoms with E-state index in [9.17, 15) is 13.2 Å². The Bertz CT molecular complexity index is 655. The number of benzene rings is 1. The van der Waals surface area contributed by atoms with E-state index in [2.05, 4.69) is 10.0 Å². The van der Waals surface area contributed by atoms with E-state index in [1.54, 1.807) is 12.1 Å². The highest BCUT2D eigenvalue weighted by atomic mass is 32.2. The molecule has 22 heavy (non-hydrogen) atoms. The van der Waals surface area contributed by atoms with Crippen LogP contribution in [0.25, 0.3) is 0 Å². The van der Waals surface area contributed by atoms with Gasteiger partial charge < -0.3 is 5.32 Å². The van der Waals surface area contributed by atoms with Gasteiger partial charge in [0.25, 0.3) is 5.91 Å². The summed E-state index contributed by atoms with van der Waals surface area (Å²) in [6.07, 6.45) is 2.55. The van der Waals surface area contributed by atoms with Crippen LogP contribution in [0.4, 0.5) is 0 Å². The highest BCUT2D eigenvalue weighted by Crippen LogP contribution is 2.20. The molecule has 5 nitrogen and oxygen atoms in total. The van der Waals surface area contributed by atoms with Crippen molar-refractivity contribution in [3.63, 3.8) is 0 Å². The summed E-state index contributed by atoms with van der Waals surface area (Å²) in [4.78, 5) is 12.2. The second-order valence-electron chi connectivity index (χ2n) is 5.97. The lowest BCUT2D eigenvalue weighted by atomic mass is 10.0. The van der Waals surface area contributed by atoms with E-state index in [4.69, 9.17) is 0 Å². The lowest BCUT2D eigenvalue weighted by molar-refractivity contribution is 0.0956. The van der Waals surface area contributed by atoms with Crippen molar-refractivity contribution in [1.82, 2.24) is 10.0 Å². The zero-order valence-corrected chi connectivity index (χ0v) is 14.2. The van der Waals surface area contributed by atoms with E-state index in [1.807, 2.05) is 20.8 Å². The molecule has 1 amide bonds. The fourth-order valence-electron chi connectivity index (χ4n) is 2.51. The van der Waals surface area contributed by atoms with Crippen molar-refractivity contribution in [2.75, 3.05) is 6.54 Å². The molecular weight excluding hydrogens is 300 g/mol. The van der Waals surface area contributed by atoms with Gasteiger partial charge in [0, 0.05) is 18.2 Å². The van der Waals surface area contributed by atoms with Crippen LogP contribution in [0.2, 0.25) is 0 Å². The molecular formula is C16H24N2O3S. The predicted octanol–water partition coefficient (Wildman–Crippen LogP) is 2.08. The third-order valence-electron chi connectivity index (χ3n) is 4.38. The van der Waals surface area contributed by atoms with Crippen LogP contribution in [0.5, 0.6) is 0 Å². The summed E-state index contributed by atoms with van der Waals surface area (Å²) >= 11 is 0. The van der Waals surface area contributed by atoms with Crippen molar-refractivity contribution in [2.45, 2.75) is 51.0 Å². The molecule has 2 N–H and O–H groups in total. The Morgan fingerprint density at radius 1 is 1.32 bits per heavy atom. The predicted molar refractivity (Wildman–Crippen MR) is 86.3 cm³/mol. The number of aryl methyl sites for hydroxylation is 1. The molecule has 1 aromatic rings. The number of sulfonamides is 1. The van der Waals surface area contributed by atoms with Crippen molar-refractivity contribution >= 4 is 15.9 Å². The zero-order valence-electron chi connectivity index (χ0n) is 13.3. The summed E-state index contributed by atoms with van der Waals surface area (Å²) in [6.45, 7) is 6.53. The van der Waals surface area contributed by atoms with Crippen molar-refractivity contribution < 1.29 is 13.2 Å². The molecule has 0 radical (unpaired) electrons. The first-order chi connectivity index (χ1) is 10.3. The summed E-state index contributed by atoms with van der Waals surface area (Å²) < 4.78 is 27.7. The molecule has 0 bridgehead atoms. The second kappa shape index (κ2) is 6.79. The number of carbonyl (C=O) groups excluding carboxylic acids is 1. The minimum atomic E-state index is -3.61. The normalized spacial score (nSPS) is 18.0. The van der Waals surface area contributed by atoms with E-state index in [0.29, 0.717) is 12.1 Å². The van der Waals surface area contributed by atoms with Gasteiger partial charge >= 0.3 is 0 Å². The average Bonchev–Trinajstić information content (AvgIpc) is 2.67. The van der Waals surface area contributed by atoms with Crippen molar-refractivity contribution in [2.24, 2.45) is 5.92 Å². The smallest absolute Gasteiger partial charge is 0.251 e. The van der Waals surface area contributed by atoms with Crippen molar-refractivity contribution in [1.29, 1.82) is 0 Å². The van der Waals surface area contributed by atoms with Crippen LogP contribution < -0.4 is 10.0 Å². The monoisotopic (exact) mass is 324 g/mol. The molecule has 1 aliphatic heterocycles. The molecule has 0 spiro atoms. The van der Waals surface area contributed by atoms with Gasteiger partial charge in [0.05, 0.1) is 4.90 Å². The van der Waals surface area contributed by atoms with Crippen molar-refractivity contribution in [3.05, 3.63) is 29.3 Å². The molecule has 0 aliphatic carbocycles. The third-order valence-corrected chi connectivity index (χ3v) is 5.94. The summed E-state index contributed by atoms with van der Waals surface area (Å²) in [5, 5.41) is 2.79. The highest BCUT2D eigenvalue weighted by molar-refractivity contribution is 7.89. The topological polar surface area (TPSA) is 75.3 Å². The van der Waals surface area contributed by atoms with Gasteiger partial charge in [-0.1, -0.05) is 26.3 Å². The maximum atomic E-state index is 12.5. The summed E-state index contributed by atoms with van der Waals surface area (Å²) in [5.41, 5.74) is 1.38. The fourth-order valence-corrected chi connectivity index (χ4v) is 3.89. The number of hydrogen-bond donors (Lipinski definition) is 2. The number of rotatable bonds is 5. The van der Waals surface area contributed by atoms with Gasteiger partial charge in [-0.25, -0.2) is 13.1 Å². The van der Waals surface area contributed by atoms with Crippen LogP contribution in [0.1, 0.15) is 49.5 Å². The van der Waals surface area contributed by atoms with Gasteiger partial charge in [0.15, 0.2) is 0 Å². The molecule has 6 heteroatoms. The Kier molecular flexibility index (Phi) is 5.24. The molecule has 122 valence electrons. The summed E-state index contributed by atoms with van der Waals surface area (Å²) in [6, 6.07) is 4.68. The number of nitrogens with one attached hydrogen (secondary N) is 2. The summed E-state index contributed by atoms with van der Waals surface area (Å²) in [7, 11) is -3.61. The standard InChI is InChI=1S/C16H24N2O3S/c1-4-11(2)12(3)18-22(20,21)14-8-7-13-6-5-9-17-16(19)15(13)10-14/h7-8,10-12,18H,4-6,9H2,1-3H3,(H,17,19). The first-order valence-electron chi connectivity index (χ1n) is 7.78. The highest BCUT2D eigenvalue weighted by Gasteiger charge is 2.23. The molecule has 2 rings (SSSR count). The lowest BCUT2D eigenvalue weighted by Crippen LogP contribution is -2.37. The van der Waals surface area contributed by atoms with Gasteiger partial charge in [-0.15, -0.1) is 0 Å². The molecule has 1 aromatic carbocycles. The van der Waals surface area contributed by atoms with Gasteiger partial charge in [0.1, 0.15) is 0 Å². The Morgan fingerprint density at radius 3 is 2.73 bits per heavy atom. The maximum Gasteiger partial charge on any atom is 0.251 e. The van der Waals surface area contributed by atoms with E-state index in [-0.39, 0.29) is 22.8 Å². The SMILES string of the molecule is CCC(C)C(C)NS(=O)(=O)c1ccc2c(c1)C(=O)NCCC2. The number of hydrogen-bond acceptors (Lipinski definition) is 3. The number of fused-ring (bicyclic) bond motifs is 1. The van der Waals surface area contributed by atoms with Crippen LogP contribution in [0.3, 0.4) is 0 Å². The quantitative estimate of drug-likeness (QED) is 0.870. The van der Waals surface area contributed by atoms with Crippen LogP contribution >= 0.6 is 0 Å². The fraction of sp³-hybridized carbons (Fsp3) is 0.562. The van der Waals surface area contributed by atoms with Gasteiger partial charge in [0.2, 0.25) is 10.0 Å². The Balaban J connectivity index is 2.31. The largest absolute Gasteiger partial charge is 0.352 e. The van der Waals surface area contributed by atoms with E-state index in [1.165, 1.54) is 6.07 Å². The average molecular weight is 324 g/mol. The van der Waals surface area contributed by atoms with Gasteiger partial charge in [-0.2, -0.15) is 0 Å². The van der Waals surface area contributed by atoms with Gasteiger partial charge in [-0.3, -0.25) is 4.79 Å². The number of carbonyl (C=O) groups is 1. The molecule has 0 saturated carbocycles. The Morgan fingerprint density at radius 2 is 2.05 bits per heavy atom. The molecule has 1 heterocycles. The van der Waals surface area contributed by atoms with Crippen LogP contribution in [-0.2, 0) is 16.4 Å². The molecule has 2 atom stereocenters. The molecule has 1 aliphatic rings. The van der Waals surface area contributed by atoms with E-state index < -0.39 is 10.0 Å². The Labute approximate surface area is 132 Å². The minimum absolute atomic E-state index is 0.150. The first kappa shape index (κ1) is 17.0. The first-order valence-corrected chi connectivity index (χ1v) is 9.27. The molecule has 2 unspecified atom stereocenters. The molecule has 0 saturated heterocycles. The van der Waals surface area contributed by atoms with E-state index in [0.717, 1.165) is 24.8 Å².